The van der Waals surface area contributed by atoms with Crippen LogP contribution in [0.25, 0.3) is 0 Å². The lowest BCUT2D eigenvalue weighted by Gasteiger charge is -2.30. The largest absolute Gasteiger partial charge is 0.385 e. The van der Waals surface area contributed by atoms with Gasteiger partial charge in [0.05, 0.1) is 18.2 Å². The highest BCUT2D eigenvalue weighted by atomic mass is 16.5. The van der Waals surface area contributed by atoms with E-state index in [1.54, 1.807) is 6.92 Å². The van der Waals surface area contributed by atoms with E-state index in [-0.39, 0.29) is 30.3 Å². The summed E-state index contributed by atoms with van der Waals surface area (Å²) in [5, 5.41) is 0. The number of hydrogen-bond acceptors (Lipinski definition) is 3. The summed E-state index contributed by atoms with van der Waals surface area (Å²) >= 11 is 0. The first-order valence-corrected chi connectivity index (χ1v) is 5.82. The lowest BCUT2D eigenvalue weighted by Crippen LogP contribution is -2.51. The molecule has 2 aliphatic rings. The molecule has 2 rings (SSSR count). The zero-order valence-electron chi connectivity index (χ0n) is 10.1. The fourth-order valence-corrected chi connectivity index (χ4v) is 2.42. The van der Waals surface area contributed by atoms with Crippen LogP contribution in [0.15, 0.2) is 4.99 Å². The van der Waals surface area contributed by atoms with Crippen LogP contribution in [0.1, 0.15) is 26.7 Å². The molecule has 2 N–H and O–H groups in total. The van der Waals surface area contributed by atoms with Crippen LogP contribution >= 0.6 is 0 Å². The van der Waals surface area contributed by atoms with Crippen LogP contribution in [0.4, 0.5) is 4.79 Å². The van der Waals surface area contributed by atoms with Crippen molar-refractivity contribution in [1.29, 1.82) is 0 Å². The lowest BCUT2D eigenvalue weighted by molar-refractivity contribution is 0.0234. The van der Waals surface area contributed by atoms with Crippen molar-refractivity contribution >= 4 is 11.9 Å². The Hall–Kier alpha value is -1.54. The quantitative estimate of drug-likeness (QED) is 0.718. The molecule has 2 aliphatic heterocycles. The number of urea groups is 1. The molecule has 1 saturated heterocycles. The molecule has 2 amide bonds. The van der Waals surface area contributed by atoms with Crippen molar-refractivity contribution in [2.45, 2.75) is 51.0 Å². The molecule has 1 fully saturated rings. The number of amidine groups is 1. The van der Waals surface area contributed by atoms with E-state index in [0.29, 0.717) is 5.84 Å². The molecule has 0 bridgehead atoms. The zero-order valence-corrected chi connectivity index (χ0v) is 10.1. The number of terminal acetylenes is 1. The Kier molecular flexibility index (Phi) is 3.07. The molecule has 0 aromatic carbocycles. The van der Waals surface area contributed by atoms with Crippen LogP contribution in [0.5, 0.6) is 0 Å². The Morgan fingerprint density at radius 1 is 1.65 bits per heavy atom. The van der Waals surface area contributed by atoms with Crippen LogP contribution in [0.2, 0.25) is 0 Å². The number of nitrogens with two attached hydrogens (primary N) is 1. The van der Waals surface area contributed by atoms with E-state index in [9.17, 15) is 4.79 Å². The van der Waals surface area contributed by atoms with E-state index in [1.165, 1.54) is 4.90 Å². The fraction of sp³-hybridized carbons (Fsp3) is 0.667. The van der Waals surface area contributed by atoms with Crippen molar-refractivity contribution in [3.63, 3.8) is 0 Å². The summed E-state index contributed by atoms with van der Waals surface area (Å²) in [5.41, 5.74) is 5.82. The van der Waals surface area contributed by atoms with Gasteiger partial charge in [-0.15, -0.1) is 6.42 Å². The third-order valence-electron chi connectivity index (χ3n) is 3.32. The van der Waals surface area contributed by atoms with Gasteiger partial charge in [-0.2, -0.15) is 4.99 Å². The standard InChI is InChI=1S/C12H17N3O2/c1-4-7(2)15-10(11(13)14-12(15)16)9-6-5-8(3)17-9/h1,7-10H,5-6H2,2-3H3,(H2,13,14,16). The van der Waals surface area contributed by atoms with E-state index < -0.39 is 0 Å². The molecule has 0 saturated carbocycles. The molecule has 0 aromatic heterocycles. The molecule has 2 heterocycles. The minimum Gasteiger partial charge on any atom is -0.385 e. The monoisotopic (exact) mass is 235 g/mol. The van der Waals surface area contributed by atoms with Crippen molar-refractivity contribution < 1.29 is 9.53 Å². The Balaban J connectivity index is 2.21. The third kappa shape index (κ3) is 2.01. The minimum absolute atomic E-state index is 0.0870. The van der Waals surface area contributed by atoms with Gasteiger partial charge in [-0.05, 0) is 26.7 Å². The number of nitrogens with zero attached hydrogens (tertiary/aromatic N) is 2. The molecule has 17 heavy (non-hydrogen) atoms. The molecule has 92 valence electrons. The highest BCUT2D eigenvalue weighted by Crippen LogP contribution is 2.28. The molecule has 0 aliphatic carbocycles. The summed E-state index contributed by atoms with van der Waals surface area (Å²) in [5.74, 6) is 2.86. The predicted molar refractivity (Wildman–Crippen MR) is 64.5 cm³/mol. The summed E-state index contributed by atoms with van der Waals surface area (Å²) in [7, 11) is 0. The Morgan fingerprint density at radius 3 is 2.88 bits per heavy atom. The van der Waals surface area contributed by atoms with Gasteiger partial charge in [-0.3, -0.25) is 4.90 Å². The van der Waals surface area contributed by atoms with Crippen LogP contribution < -0.4 is 5.73 Å². The van der Waals surface area contributed by atoms with Gasteiger partial charge in [0.15, 0.2) is 0 Å². The molecule has 0 aromatic rings. The average molecular weight is 235 g/mol. The smallest absolute Gasteiger partial charge is 0.346 e. The number of carbonyl (C=O) groups is 1. The first-order chi connectivity index (χ1) is 8.04. The molecule has 4 atom stereocenters. The molecule has 5 nitrogen and oxygen atoms in total. The van der Waals surface area contributed by atoms with Gasteiger partial charge >= 0.3 is 6.03 Å². The van der Waals surface area contributed by atoms with Crippen LogP contribution in [-0.4, -0.2) is 41.1 Å². The minimum atomic E-state index is -0.360. The molecule has 0 spiro atoms. The van der Waals surface area contributed by atoms with Gasteiger partial charge in [-0.1, -0.05) is 5.92 Å². The maximum absolute atomic E-state index is 11.7. The highest BCUT2D eigenvalue weighted by molar-refractivity contribution is 6.03. The summed E-state index contributed by atoms with van der Waals surface area (Å²) in [6, 6.07) is -0.989. The molecule has 4 unspecified atom stereocenters. The summed E-state index contributed by atoms with van der Waals surface area (Å²) < 4.78 is 5.77. The van der Waals surface area contributed by atoms with E-state index in [0.717, 1.165) is 12.8 Å². The van der Waals surface area contributed by atoms with Crippen molar-refractivity contribution in [3.05, 3.63) is 0 Å². The Labute approximate surface area is 101 Å². The molecule has 0 radical (unpaired) electrons. The van der Waals surface area contributed by atoms with Crippen molar-refractivity contribution in [2.24, 2.45) is 10.7 Å². The number of ether oxygens (including phenoxy) is 1. The van der Waals surface area contributed by atoms with Crippen molar-refractivity contribution in [1.82, 2.24) is 4.90 Å². The summed E-state index contributed by atoms with van der Waals surface area (Å²) in [4.78, 5) is 17.1. The van der Waals surface area contributed by atoms with Crippen molar-refractivity contribution in [3.8, 4) is 12.3 Å². The van der Waals surface area contributed by atoms with Gasteiger partial charge in [0.1, 0.15) is 11.9 Å². The lowest BCUT2D eigenvalue weighted by atomic mass is 10.0. The van der Waals surface area contributed by atoms with E-state index in [4.69, 9.17) is 16.9 Å². The van der Waals surface area contributed by atoms with E-state index in [2.05, 4.69) is 10.9 Å². The first-order valence-electron chi connectivity index (χ1n) is 5.82. The van der Waals surface area contributed by atoms with Gasteiger partial charge in [0, 0.05) is 0 Å². The second-order valence-corrected chi connectivity index (χ2v) is 4.58. The van der Waals surface area contributed by atoms with Gasteiger partial charge < -0.3 is 10.5 Å². The van der Waals surface area contributed by atoms with Gasteiger partial charge in [0.2, 0.25) is 0 Å². The van der Waals surface area contributed by atoms with Crippen LogP contribution in [0, 0.1) is 12.3 Å². The van der Waals surface area contributed by atoms with Gasteiger partial charge in [-0.25, -0.2) is 4.79 Å². The highest BCUT2D eigenvalue weighted by Gasteiger charge is 2.43. The SMILES string of the molecule is C#CC(C)N1C(=O)N=C(N)C1C1CCC(C)O1. The van der Waals surface area contributed by atoms with Gasteiger partial charge in [0.25, 0.3) is 0 Å². The second-order valence-electron chi connectivity index (χ2n) is 4.58. The third-order valence-corrected chi connectivity index (χ3v) is 3.32. The summed E-state index contributed by atoms with van der Waals surface area (Å²) in [6.45, 7) is 3.80. The maximum atomic E-state index is 11.7. The zero-order chi connectivity index (χ0) is 12.6. The van der Waals surface area contributed by atoms with E-state index in [1.807, 2.05) is 6.92 Å². The van der Waals surface area contributed by atoms with Crippen LogP contribution in [-0.2, 0) is 4.74 Å². The summed E-state index contributed by atoms with van der Waals surface area (Å²) in [6.07, 6.45) is 7.34. The fourth-order valence-electron chi connectivity index (χ4n) is 2.42. The van der Waals surface area contributed by atoms with E-state index >= 15 is 0 Å². The molecular formula is C12H17N3O2. The van der Waals surface area contributed by atoms with Crippen LogP contribution in [0.3, 0.4) is 0 Å². The Morgan fingerprint density at radius 2 is 2.35 bits per heavy atom. The van der Waals surface area contributed by atoms with Crippen molar-refractivity contribution in [2.75, 3.05) is 0 Å². The Bertz CT molecular complexity index is 399. The first kappa shape index (κ1) is 11.9. The normalized spacial score (nSPS) is 34.6. The number of rotatable bonds is 2. The number of hydrogen-bond donors (Lipinski definition) is 1. The maximum Gasteiger partial charge on any atom is 0.346 e. The molecular weight excluding hydrogens is 218 g/mol. The average Bonchev–Trinajstić information content (AvgIpc) is 2.81. The predicted octanol–water partition coefficient (Wildman–Crippen LogP) is 0.737. The second kappa shape index (κ2) is 4.38. The number of amides is 2. The molecule has 5 heteroatoms. The number of carbonyl (C=O) groups excluding carboxylic acids is 1. The topological polar surface area (TPSA) is 67.9 Å². The number of aliphatic imine (C=N–C) groups is 1.